The standard InChI is InChI=1S/C12H20BrN3O2S.ClH/c1-12(2,8-14)15-19(17,18)11-7-9(16(3)4)5-6-10(11)13;/h5-7,15H,8,14H2,1-4H3;1H. The van der Waals surface area contributed by atoms with E-state index in [2.05, 4.69) is 20.7 Å². The number of hydrogen-bond acceptors (Lipinski definition) is 4. The van der Waals surface area contributed by atoms with Crippen molar-refractivity contribution in [2.75, 3.05) is 25.5 Å². The van der Waals surface area contributed by atoms with Crippen LogP contribution in [-0.2, 0) is 10.0 Å². The van der Waals surface area contributed by atoms with Gasteiger partial charge in [-0.05, 0) is 48.0 Å². The van der Waals surface area contributed by atoms with Crippen LogP contribution in [0.25, 0.3) is 0 Å². The summed E-state index contributed by atoms with van der Waals surface area (Å²) in [7, 11) is 0.0957. The number of sulfonamides is 1. The molecule has 20 heavy (non-hydrogen) atoms. The van der Waals surface area contributed by atoms with E-state index in [1.165, 1.54) is 0 Å². The van der Waals surface area contributed by atoms with Crippen LogP contribution in [0.1, 0.15) is 13.8 Å². The second kappa shape index (κ2) is 7.09. The number of halogens is 2. The van der Waals surface area contributed by atoms with E-state index in [1.807, 2.05) is 25.1 Å². The fraction of sp³-hybridized carbons (Fsp3) is 0.500. The molecule has 0 aromatic heterocycles. The quantitative estimate of drug-likeness (QED) is 0.811. The van der Waals surface area contributed by atoms with Gasteiger partial charge < -0.3 is 10.6 Å². The van der Waals surface area contributed by atoms with E-state index in [0.717, 1.165) is 5.69 Å². The Hall–Kier alpha value is -0.340. The summed E-state index contributed by atoms with van der Waals surface area (Å²) in [5.74, 6) is 0. The third-order valence-electron chi connectivity index (χ3n) is 2.64. The number of hydrogen-bond donors (Lipinski definition) is 2. The first-order valence-electron chi connectivity index (χ1n) is 5.80. The predicted molar refractivity (Wildman–Crippen MR) is 89.2 cm³/mol. The molecule has 0 unspecified atom stereocenters. The van der Waals surface area contributed by atoms with Crippen molar-refractivity contribution in [3.63, 3.8) is 0 Å². The summed E-state index contributed by atoms with van der Waals surface area (Å²) in [5, 5.41) is 0. The molecule has 3 N–H and O–H groups in total. The minimum absolute atomic E-state index is 0. The van der Waals surface area contributed by atoms with Gasteiger partial charge in [0.15, 0.2) is 0 Å². The number of nitrogens with one attached hydrogen (secondary N) is 1. The number of nitrogens with two attached hydrogens (primary N) is 1. The maximum absolute atomic E-state index is 12.4. The van der Waals surface area contributed by atoms with Crippen molar-refractivity contribution < 1.29 is 8.42 Å². The van der Waals surface area contributed by atoms with Crippen LogP contribution in [0.5, 0.6) is 0 Å². The lowest BCUT2D eigenvalue weighted by Crippen LogP contribution is -2.48. The molecule has 0 aliphatic carbocycles. The molecule has 0 heterocycles. The zero-order valence-electron chi connectivity index (χ0n) is 12.0. The molecule has 1 aromatic carbocycles. The third kappa shape index (κ3) is 4.89. The van der Waals surface area contributed by atoms with Crippen LogP contribution in [-0.4, -0.2) is 34.6 Å². The number of anilines is 1. The third-order valence-corrected chi connectivity index (χ3v) is 5.33. The molecule has 1 aromatic rings. The summed E-state index contributed by atoms with van der Waals surface area (Å²) in [6.07, 6.45) is 0. The van der Waals surface area contributed by atoms with Gasteiger partial charge >= 0.3 is 0 Å². The molecule has 8 heteroatoms. The van der Waals surface area contributed by atoms with Gasteiger partial charge in [-0.1, -0.05) is 0 Å². The van der Waals surface area contributed by atoms with Gasteiger partial charge in [0, 0.05) is 36.3 Å². The molecule has 0 bridgehead atoms. The van der Waals surface area contributed by atoms with Crippen LogP contribution in [0.15, 0.2) is 27.6 Å². The molecule has 116 valence electrons. The first-order valence-corrected chi connectivity index (χ1v) is 8.07. The fourth-order valence-electron chi connectivity index (χ4n) is 1.44. The molecule has 5 nitrogen and oxygen atoms in total. The van der Waals surface area contributed by atoms with Crippen molar-refractivity contribution >= 4 is 44.0 Å². The highest BCUT2D eigenvalue weighted by Crippen LogP contribution is 2.27. The van der Waals surface area contributed by atoms with Gasteiger partial charge in [0.2, 0.25) is 10.0 Å². The molecule has 0 amide bonds. The normalized spacial score (nSPS) is 11.9. The molecule has 0 radical (unpaired) electrons. The first kappa shape index (κ1) is 19.7. The largest absolute Gasteiger partial charge is 0.378 e. The highest BCUT2D eigenvalue weighted by molar-refractivity contribution is 9.10. The van der Waals surface area contributed by atoms with E-state index in [9.17, 15) is 8.42 Å². The second-order valence-electron chi connectivity index (χ2n) is 5.20. The van der Waals surface area contributed by atoms with Crippen molar-refractivity contribution in [3.8, 4) is 0 Å². The van der Waals surface area contributed by atoms with Crippen molar-refractivity contribution in [1.29, 1.82) is 0 Å². The topological polar surface area (TPSA) is 75.4 Å². The van der Waals surface area contributed by atoms with Gasteiger partial charge in [-0.2, -0.15) is 0 Å². The van der Waals surface area contributed by atoms with Gasteiger partial charge in [-0.15, -0.1) is 12.4 Å². The average molecular weight is 387 g/mol. The van der Waals surface area contributed by atoms with E-state index in [0.29, 0.717) is 4.47 Å². The summed E-state index contributed by atoms with van der Waals surface area (Å²) in [6, 6.07) is 5.19. The minimum Gasteiger partial charge on any atom is -0.378 e. The van der Waals surface area contributed by atoms with E-state index in [4.69, 9.17) is 5.73 Å². The van der Waals surface area contributed by atoms with Crippen LogP contribution in [0.3, 0.4) is 0 Å². The molecule has 0 aliphatic heterocycles. The first-order chi connectivity index (χ1) is 8.59. The highest BCUT2D eigenvalue weighted by atomic mass is 79.9. The summed E-state index contributed by atoms with van der Waals surface area (Å²) in [5.41, 5.74) is 5.69. The summed E-state index contributed by atoms with van der Waals surface area (Å²) in [4.78, 5) is 2.06. The predicted octanol–water partition coefficient (Wildman–Crippen LogP) is 1.95. The summed E-state index contributed by atoms with van der Waals surface area (Å²) >= 11 is 3.28. The fourth-order valence-corrected chi connectivity index (χ4v) is 3.84. The zero-order chi connectivity index (χ0) is 14.8. The van der Waals surface area contributed by atoms with E-state index >= 15 is 0 Å². The van der Waals surface area contributed by atoms with E-state index < -0.39 is 15.6 Å². The van der Waals surface area contributed by atoms with Crippen LogP contribution in [0.2, 0.25) is 0 Å². The van der Waals surface area contributed by atoms with Crippen LogP contribution in [0.4, 0.5) is 5.69 Å². The van der Waals surface area contributed by atoms with Gasteiger partial charge in [0.05, 0.1) is 4.90 Å². The molecular formula is C12H21BrClN3O2S. The molecule has 0 saturated carbocycles. The van der Waals surface area contributed by atoms with E-state index in [-0.39, 0.29) is 23.8 Å². The summed E-state index contributed by atoms with van der Waals surface area (Å²) in [6.45, 7) is 3.71. The van der Waals surface area contributed by atoms with Crippen molar-refractivity contribution in [1.82, 2.24) is 4.72 Å². The average Bonchev–Trinajstić information content (AvgIpc) is 2.27. The van der Waals surface area contributed by atoms with Crippen molar-refractivity contribution in [3.05, 3.63) is 22.7 Å². The van der Waals surface area contributed by atoms with Gasteiger partial charge in [0.25, 0.3) is 0 Å². The number of nitrogens with zero attached hydrogens (tertiary/aromatic N) is 1. The minimum atomic E-state index is -3.62. The Balaban J connectivity index is 0.00000361. The van der Waals surface area contributed by atoms with Crippen LogP contribution < -0.4 is 15.4 Å². The van der Waals surface area contributed by atoms with Crippen LogP contribution >= 0.6 is 28.3 Å². The van der Waals surface area contributed by atoms with Gasteiger partial charge in [-0.3, -0.25) is 0 Å². The molecule has 0 atom stereocenters. The molecular weight excluding hydrogens is 366 g/mol. The van der Waals surface area contributed by atoms with Crippen molar-refractivity contribution in [2.24, 2.45) is 5.73 Å². The monoisotopic (exact) mass is 385 g/mol. The smallest absolute Gasteiger partial charge is 0.242 e. The molecule has 0 spiro atoms. The molecule has 1 rings (SSSR count). The zero-order valence-corrected chi connectivity index (χ0v) is 15.2. The lowest BCUT2D eigenvalue weighted by molar-refractivity contribution is 0.462. The Kier molecular flexibility index (Phi) is 6.96. The molecule has 0 fully saturated rings. The number of benzene rings is 1. The second-order valence-corrected chi connectivity index (χ2v) is 7.71. The summed E-state index contributed by atoms with van der Waals surface area (Å²) < 4.78 is 27.9. The number of rotatable bonds is 5. The lowest BCUT2D eigenvalue weighted by atomic mass is 10.1. The van der Waals surface area contributed by atoms with Crippen molar-refractivity contribution in [2.45, 2.75) is 24.3 Å². The maximum atomic E-state index is 12.4. The Bertz CT molecular complexity index is 562. The van der Waals surface area contributed by atoms with E-state index in [1.54, 1.807) is 26.0 Å². The Labute approximate surface area is 135 Å². The SMILES string of the molecule is CN(C)c1ccc(Br)c(S(=O)(=O)NC(C)(C)CN)c1.Cl. The molecule has 0 aliphatic rings. The Morgan fingerprint density at radius 2 is 1.90 bits per heavy atom. The molecule has 0 saturated heterocycles. The van der Waals surface area contributed by atoms with Crippen LogP contribution in [0, 0.1) is 0 Å². The van der Waals surface area contributed by atoms with Gasteiger partial charge in [0.1, 0.15) is 0 Å². The highest BCUT2D eigenvalue weighted by Gasteiger charge is 2.26. The van der Waals surface area contributed by atoms with Gasteiger partial charge in [-0.25, -0.2) is 13.1 Å². The maximum Gasteiger partial charge on any atom is 0.242 e. The Morgan fingerprint density at radius 1 is 1.35 bits per heavy atom. The Morgan fingerprint density at radius 3 is 2.35 bits per heavy atom. The lowest BCUT2D eigenvalue weighted by Gasteiger charge is -2.24.